The van der Waals surface area contributed by atoms with Gasteiger partial charge >= 0.3 is 0 Å². The molecule has 0 bridgehead atoms. The second kappa shape index (κ2) is 14.1. The number of aliphatic hydroxyl groups excluding tert-OH is 1. The number of ether oxygens (including phenoxy) is 2. The van der Waals surface area contributed by atoms with E-state index < -0.39 is 0 Å². The standard InChI is InChI=1S/C16H20N4O3.C12H16O.CH5N/c1-12-15(18-11-21)20(13-5-3-2-4-6-13)19-16(12)23-10-14-9-17-7-8-22-14;1-12(2)8-10(13)7-9-5-3-4-6-11(9)12;1-2/h2-6,11,14,17H,7-10H2,1H3,(H,18,21);3-6,10,13H,7-8H2,1-2H3;2H2,1H3. The number of hydrogen-bond donors (Lipinski definition) is 4. The predicted molar refractivity (Wildman–Crippen MR) is 150 cm³/mol. The van der Waals surface area contributed by atoms with Crippen LogP contribution < -0.4 is 21.1 Å². The molecule has 1 aliphatic carbocycles. The first-order chi connectivity index (χ1) is 18.4. The van der Waals surface area contributed by atoms with Gasteiger partial charge in [-0.25, -0.2) is 4.68 Å². The van der Waals surface area contributed by atoms with Crippen LogP contribution in [0.4, 0.5) is 5.82 Å². The van der Waals surface area contributed by atoms with Crippen molar-refractivity contribution in [3.05, 3.63) is 71.3 Å². The summed E-state index contributed by atoms with van der Waals surface area (Å²) in [5.41, 5.74) is 8.98. The van der Waals surface area contributed by atoms with Crippen molar-refractivity contribution in [3.63, 3.8) is 0 Å². The van der Waals surface area contributed by atoms with Gasteiger partial charge in [0.2, 0.25) is 12.3 Å². The van der Waals surface area contributed by atoms with Crippen LogP contribution in [0.15, 0.2) is 54.6 Å². The molecule has 0 saturated carbocycles. The van der Waals surface area contributed by atoms with Gasteiger partial charge in [0.1, 0.15) is 18.5 Å². The number of morpholine rings is 1. The van der Waals surface area contributed by atoms with Crippen molar-refractivity contribution < 1.29 is 19.4 Å². The zero-order valence-electron chi connectivity index (χ0n) is 22.8. The first kappa shape index (κ1) is 29.3. The van der Waals surface area contributed by atoms with E-state index in [1.54, 1.807) is 4.68 Å². The number of aliphatic hydroxyl groups is 1. The molecule has 1 fully saturated rings. The van der Waals surface area contributed by atoms with Crippen LogP contribution in [0.3, 0.4) is 0 Å². The quantitative estimate of drug-likeness (QED) is 0.366. The molecule has 5 rings (SSSR count). The highest BCUT2D eigenvalue weighted by Crippen LogP contribution is 2.36. The summed E-state index contributed by atoms with van der Waals surface area (Å²) in [6.07, 6.45) is 2.18. The molecular weight excluding hydrogens is 482 g/mol. The first-order valence-corrected chi connectivity index (χ1v) is 13.0. The Hall–Kier alpha value is -3.24. The Kier molecular flexibility index (Phi) is 10.8. The molecule has 2 heterocycles. The molecule has 2 aromatic carbocycles. The van der Waals surface area contributed by atoms with Crippen LogP contribution in [0.1, 0.15) is 37.0 Å². The second-order valence-electron chi connectivity index (χ2n) is 9.90. The monoisotopic (exact) mass is 523 g/mol. The lowest BCUT2D eigenvalue weighted by atomic mass is 9.72. The SMILES string of the molecule is CC1(C)CC(O)Cc2ccccc21.CN.Cc1c(OCC2CNCCO2)nn(-c2ccccc2)c1NC=O. The number of carbonyl (C=O) groups excluding carboxylic acids is 1. The van der Waals surface area contributed by atoms with Gasteiger partial charge in [-0.3, -0.25) is 4.79 Å². The summed E-state index contributed by atoms with van der Waals surface area (Å²) in [5, 5.41) is 20.1. The molecule has 3 aromatic rings. The van der Waals surface area contributed by atoms with Crippen LogP contribution in [0, 0.1) is 6.92 Å². The van der Waals surface area contributed by atoms with E-state index in [-0.39, 0.29) is 17.6 Å². The van der Waals surface area contributed by atoms with Crippen molar-refractivity contribution in [2.24, 2.45) is 5.73 Å². The predicted octanol–water partition coefficient (Wildman–Crippen LogP) is 2.96. The van der Waals surface area contributed by atoms with Crippen molar-refractivity contribution in [2.45, 2.75) is 51.2 Å². The van der Waals surface area contributed by atoms with Gasteiger partial charge in [-0.2, -0.15) is 0 Å². The van der Waals surface area contributed by atoms with Crippen LogP contribution in [0.5, 0.6) is 5.88 Å². The smallest absolute Gasteiger partial charge is 0.238 e. The van der Waals surface area contributed by atoms with Crippen molar-refractivity contribution in [1.29, 1.82) is 0 Å². The fourth-order valence-corrected chi connectivity index (χ4v) is 4.88. The van der Waals surface area contributed by atoms with Gasteiger partial charge in [-0.05, 0) is 55.5 Å². The van der Waals surface area contributed by atoms with Gasteiger partial charge in [0.15, 0.2) is 0 Å². The number of amides is 1. The van der Waals surface area contributed by atoms with Gasteiger partial charge in [-0.1, -0.05) is 56.3 Å². The molecule has 1 aromatic heterocycles. The van der Waals surface area contributed by atoms with Crippen molar-refractivity contribution in [1.82, 2.24) is 15.1 Å². The Morgan fingerprint density at radius 2 is 1.92 bits per heavy atom. The maximum atomic E-state index is 10.9. The number of para-hydroxylation sites is 1. The molecule has 9 heteroatoms. The molecule has 0 radical (unpaired) electrons. The first-order valence-electron chi connectivity index (χ1n) is 13.0. The minimum Gasteiger partial charge on any atom is -0.474 e. The Bertz CT molecular complexity index is 1140. The molecule has 206 valence electrons. The highest BCUT2D eigenvalue weighted by atomic mass is 16.5. The molecule has 2 unspecified atom stereocenters. The highest BCUT2D eigenvalue weighted by Gasteiger charge is 2.31. The number of hydrogen-bond acceptors (Lipinski definition) is 7. The molecule has 2 aliphatic rings. The molecule has 1 aliphatic heterocycles. The van der Waals surface area contributed by atoms with E-state index in [1.165, 1.54) is 18.2 Å². The number of nitrogens with zero attached hydrogens (tertiary/aromatic N) is 2. The molecule has 0 spiro atoms. The number of aromatic nitrogens is 2. The summed E-state index contributed by atoms with van der Waals surface area (Å²) < 4.78 is 13.1. The molecule has 5 N–H and O–H groups in total. The van der Waals surface area contributed by atoms with Gasteiger partial charge in [-0.15, -0.1) is 5.10 Å². The van der Waals surface area contributed by atoms with Crippen LogP contribution in [0.2, 0.25) is 0 Å². The van der Waals surface area contributed by atoms with Gasteiger partial charge in [0.25, 0.3) is 0 Å². The lowest BCUT2D eigenvalue weighted by Crippen LogP contribution is -2.41. The van der Waals surface area contributed by atoms with Crippen LogP contribution in [-0.4, -0.2) is 66.9 Å². The van der Waals surface area contributed by atoms with E-state index in [1.807, 2.05) is 43.3 Å². The maximum absolute atomic E-state index is 10.9. The number of fused-ring (bicyclic) bond motifs is 1. The molecular formula is C29H41N5O4. The fourth-order valence-electron chi connectivity index (χ4n) is 4.88. The summed E-state index contributed by atoms with van der Waals surface area (Å²) in [6, 6.07) is 18.0. The Labute approximate surface area is 225 Å². The lowest BCUT2D eigenvalue weighted by Gasteiger charge is -2.35. The third kappa shape index (κ3) is 7.41. The zero-order valence-corrected chi connectivity index (χ0v) is 22.8. The fraction of sp³-hybridized carbons (Fsp3) is 0.448. The van der Waals surface area contributed by atoms with Crippen LogP contribution >= 0.6 is 0 Å². The van der Waals surface area contributed by atoms with E-state index >= 15 is 0 Å². The number of carbonyl (C=O) groups is 1. The molecule has 1 amide bonds. The van der Waals surface area contributed by atoms with E-state index in [0.29, 0.717) is 31.3 Å². The van der Waals surface area contributed by atoms with Gasteiger partial charge in [0.05, 0.1) is 24.0 Å². The lowest BCUT2D eigenvalue weighted by molar-refractivity contribution is -0.105. The summed E-state index contributed by atoms with van der Waals surface area (Å²) in [6.45, 7) is 9.00. The summed E-state index contributed by atoms with van der Waals surface area (Å²) in [7, 11) is 1.50. The van der Waals surface area contributed by atoms with Crippen molar-refractivity contribution >= 4 is 12.2 Å². The average molecular weight is 524 g/mol. The minimum atomic E-state index is -0.162. The normalized spacial score (nSPS) is 19.5. The Balaban J connectivity index is 0.000000225. The highest BCUT2D eigenvalue weighted by molar-refractivity contribution is 5.73. The largest absolute Gasteiger partial charge is 0.474 e. The van der Waals surface area contributed by atoms with Crippen LogP contribution in [-0.2, 0) is 21.4 Å². The maximum Gasteiger partial charge on any atom is 0.238 e. The third-order valence-electron chi connectivity index (χ3n) is 6.63. The Morgan fingerprint density at radius 3 is 2.61 bits per heavy atom. The molecule has 1 saturated heterocycles. The zero-order chi connectivity index (χ0) is 27.5. The van der Waals surface area contributed by atoms with Gasteiger partial charge < -0.3 is 30.9 Å². The average Bonchev–Trinajstić information content (AvgIpc) is 3.25. The summed E-state index contributed by atoms with van der Waals surface area (Å²) in [4.78, 5) is 10.9. The Morgan fingerprint density at radius 1 is 1.21 bits per heavy atom. The third-order valence-corrected chi connectivity index (χ3v) is 6.63. The summed E-state index contributed by atoms with van der Waals surface area (Å²) in [5.74, 6) is 1.09. The topological polar surface area (TPSA) is 124 Å². The second-order valence-corrected chi connectivity index (χ2v) is 9.90. The van der Waals surface area contributed by atoms with Crippen molar-refractivity contribution in [2.75, 3.05) is 38.7 Å². The number of nitrogens with two attached hydrogens (primary N) is 1. The number of benzene rings is 2. The van der Waals surface area contributed by atoms with E-state index in [4.69, 9.17) is 9.47 Å². The minimum absolute atomic E-state index is 0.00695. The van der Waals surface area contributed by atoms with Crippen molar-refractivity contribution in [3.8, 4) is 11.6 Å². The molecule has 9 nitrogen and oxygen atoms in total. The molecule has 2 atom stereocenters. The number of nitrogens with one attached hydrogen (secondary N) is 2. The van der Waals surface area contributed by atoms with E-state index in [2.05, 4.69) is 53.5 Å². The van der Waals surface area contributed by atoms with Gasteiger partial charge in [0, 0.05) is 13.1 Å². The molecule has 38 heavy (non-hydrogen) atoms. The van der Waals surface area contributed by atoms with Crippen LogP contribution in [0.25, 0.3) is 5.69 Å². The van der Waals surface area contributed by atoms with E-state index in [0.717, 1.165) is 37.2 Å². The number of rotatable bonds is 6. The number of anilines is 1. The van der Waals surface area contributed by atoms with E-state index in [9.17, 15) is 9.90 Å². The summed E-state index contributed by atoms with van der Waals surface area (Å²) >= 11 is 0.